The van der Waals surface area contributed by atoms with E-state index in [0.717, 1.165) is 29.8 Å². The van der Waals surface area contributed by atoms with Crippen LogP contribution in [0.4, 0.5) is 11.4 Å². The van der Waals surface area contributed by atoms with Gasteiger partial charge >= 0.3 is 0 Å². The standard InChI is InChI=1S/C17H20N2S/c1-3-6-13-7-4-5-8-15(13)19-16-11-12(2)9-10-14(16)17(18)20/h4-5,7-11,19H,3,6H2,1-2H3,(H2,18,20). The third-order valence-electron chi connectivity index (χ3n) is 3.25. The number of hydrogen-bond donors (Lipinski definition) is 2. The summed E-state index contributed by atoms with van der Waals surface area (Å²) in [7, 11) is 0. The summed E-state index contributed by atoms with van der Waals surface area (Å²) >= 11 is 5.13. The molecule has 0 heterocycles. The predicted molar refractivity (Wildman–Crippen MR) is 90.8 cm³/mol. The van der Waals surface area contributed by atoms with Gasteiger partial charge in [-0.15, -0.1) is 0 Å². The normalized spacial score (nSPS) is 10.3. The summed E-state index contributed by atoms with van der Waals surface area (Å²) in [4.78, 5) is 0.417. The van der Waals surface area contributed by atoms with E-state index in [-0.39, 0.29) is 0 Å². The Bertz CT molecular complexity index is 620. The van der Waals surface area contributed by atoms with Crippen molar-refractivity contribution in [3.8, 4) is 0 Å². The number of aryl methyl sites for hydroxylation is 2. The molecule has 0 atom stereocenters. The minimum absolute atomic E-state index is 0.417. The van der Waals surface area contributed by atoms with Crippen LogP contribution in [0, 0.1) is 6.92 Å². The molecule has 0 saturated carbocycles. The number of rotatable bonds is 5. The second-order valence-corrected chi connectivity index (χ2v) is 5.39. The number of nitrogens with one attached hydrogen (secondary N) is 1. The smallest absolute Gasteiger partial charge is 0.106 e. The third-order valence-corrected chi connectivity index (χ3v) is 3.47. The van der Waals surface area contributed by atoms with Crippen LogP contribution >= 0.6 is 12.2 Å². The molecule has 0 amide bonds. The van der Waals surface area contributed by atoms with Crippen molar-refractivity contribution < 1.29 is 0 Å². The molecule has 0 spiro atoms. The molecule has 0 saturated heterocycles. The highest BCUT2D eigenvalue weighted by Gasteiger charge is 2.08. The lowest BCUT2D eigenvalue weighted by Crippen LogP contribution is -2.12. The minimum atomic E-state index is 0.417. The molecule has 20 heavy (non-hydrogen) atoms. The van der Waals surface area contributed by atoms with Gasteiger partial charge in [0.05, 0.1) is 0 Å². The SMILES string of the molecule is CCCc1ccccc1Nc1cc(C)ccc1C(N)=S. The van der Waals surface area contributed by atoms with E-state index in [9.17, 15) is 0 Å². The molecule has 0 aliphatic heterocycles. The zero-order valence-corrected chi connectivity index (χ0v) is 12.8. The van der Waals surface area contributed by atoms with Crippen LogP contribution in [-0.2, 0) is 6.42 Å². The first-order valence-corrected chi connectivity index (χ1v) is 7.28. The molecule has 0 aliphatic carbocycles. The summed E-state index contributed by atoms with van der Waals surface area (Å²) in [5.41, 5.74) is 11.3. The van der Waals surface area contributed by atoms with Gasteiger partial charge in [0, 0.05) is 16.9 Å². The second kappa shape index (κ2) is 6.53. The molecule has 0 unspecified atom stereocenters. The van der Waals surface area contributed by atoms with E-state index >= 15 is 0 Å². The molecule has 3 N–H and O–H groups in total. The van der Waals surface area contributed by atoms with Gasteiger partial charge in [-0.2, -0.15) is 0 Å². The van der Waals surface area contributed by atoms with Crippen molar-refractivity contribution in [3.05, 3.63) is 59.2 Å². The Labute approximate surface area is 126 Å². The summed E-state index contributed by atoms with van der Waals surface area (Å²) in [5, 5.41) is 3.48. The van der Waals surface area contributed by atoms with Crippen molar-refractivity contribution in [3.63, 3.8) is 0 Å². The van der Waals surface area contributed by atoms with Crippen LogP contribution in [-0.4, -0.2) is 4.99 Å². The fraction of sp³-hybridized carbons (Fsp3) is 0.235. The molecule has 0 aliphatic rings. The highest BCUT2D eigenvalue weighted by Crippen LogP contribution is 2.25. The van der Waals surface area contributed by atoms with Gasteiger partial charge in [-0.05, 0) is 42.7 Å². The molecule has 0 bridgehead atoms. The first-order chi connectivity index (χ1) is 9.61. The maximum atomic E-state index is 5.81. The summed E-state index contributed by atoms with van der Waals surface area (Å²) < 4.78 is 0. The quantitative estimate of drug-likeness (QED) is 0.803. The number of benzene rings is 2. The first-order valence-electron chi connectivity index (χ1n) is 6.87. The Balaban J connectivity index is 2.39. The average Bonchev–Trinajstić information content (AvgIpc) is 2.41. The lowest BCUT2D eigenvalue weighted by atomic mass is 10.1. The molecule has 2 nitrogen and oxygen atoms in total. The Hall–Kier alpha value is -1.87. The lowest BCUT2D eigenvalue weighted by molar-refractivity contribution is 0.923. The Morgan fingerprint density at radius 2 is 1.90 bits per heavy atom. The zero-order valence-electron chi connectivity index (χ0n) is 11.9. The van der Waals surface area contributed by atoms with Crippen molar-refractivity contribution >= 4 is 28.6 Å². The fourth-order valence-electron chi connectivity index (χ4n) is 2.25. The number of anilines is 2. The summed E-state index contributed by atoms with van der Waals surface area (Å²) in [6.45, 7) is 4.25. The van der Waals surface area contributed by atoms with E-state index in [1.807, 2.05) is 18.2 Å². The molecule has 2 rings (SSSR count). The van der Waals surface area contributed by atoms with Gasteiger partial charge in [-0.25, -0.2) is 0 Å². The molecule has 0 fully saturated rings. The van der Waals surface area contributed by atoms with Crippen LogP contribution in [0.1, 0.15) is 30.0 Å². The van der Waals surface area contributed by atoms with Gasteiger partial charge in [0.15, 0.2) is 0 Å². The van der Waals surface area contributed by atoms with Crippen LogP contribution in [0.3, 0.4) is 0 Å². The summed E-state index contributed by atoms with van der Waals surface area (Å²) in [5.74, 6) is 0. The Morgan fingerprint density at radius 3 is 2.60 bits per heavy atom. The molecular weight excluding hydrogens is 264 g/mol. The van der Waals surface area contributed by atoms with Crippen molar-refractivity contribution in [2.45, 2.75) is 26.7 Å². The monoisotopic (exact) mass is 284 g/mol. The van der Waals surface area contributed by atoms with E-state index in [1.165, 1.54) is 11.1 Å². The predicted octanol–water partition coefficient (Wildman–Crippen LogP) is 4.33. The molecule has 2 aromatic rings. The van der Waals surface area contributed by atoms with Crippen LogP contribution in [0.2, 0.25) is 0 Å². The van der Waals surface area contributed by atoms with Crippen LogP contribution < -0.4 is 11.1 Å². The van der Waals surface area contributed by atoms with Crippen molar-refractivity contribution in [2.24, 2.45) is 5.73 Å². The topological polar surface area (TPSA) is 38.0 Å². The molecule has 2 aromatic carbocycles. The number of thiocarbonyl (C=S) groups is 1. The molecule has 0 radical (unpaired) electrons. The van der Waals surface area contributed by atoms with Crippen molar-refractivity contribution in [1.82, 2.24) is 0 Å². The van der Waals surface area contributed by atoms with Gasteiger partial charge in [0.1, 0.15) is 4.99 Å². The maximum absolute atomic E-state index is 5.81. The Morgan fingerprint density at radius 1 is 1.15 bits per heavy atom. The fourth-order valence-corrected chi connectivity index (χ4v) is 2.43. The van der Waals surface area contributed by atoms with Crippen LogP contribution in [0.15, 0.2) is 42.5 Å². The van der Waals surface area contributed by atoms with E-state index in [2.05, 4.69) is 43.4 Å². The minimum Gasteiger partial charge on any atom is -0.389 e. The molecule has 104 valence electrons. The summed E-state index contributed by atoms with van der Waals surface area (Å²) in [6, 6.07) is 14.4. The van der Waals surface area contributed by atoms with Crippen molar-refractivity contribution in [2.75, 3.05) is 5.32 Å². The highest BCUT2D eigenvalue weighted by atomic mass is 32.1. The van der Waals surface area contributed by atoms with Crippen LogP contribution in [0.5, 0.6) is 0 Å². The second-order valence-electron chi connectivity index (χ2n) is 4.95. The van der Waals surface area contributed by atoms with E-state index < -0.39 is 0 Å². The molecular formula is C17H20N2S. The third kappa shape index (κ3) is 3.36. The largest absolute Gasteiger partial charge is 0.389 e. The zero-order chi connectivity index (χ0) is 14.5. The number of para-hydroxylation sites is 1. The average molecular weight is 284 g/mol. The molecule has 3 heteroatoms. The first kappa shape index (κ1) is 14.5. The number of nitrogens with two attached hydrogens (primary N) is 1. The van der Waals surface area contributed by atoms with Crippen molar-refractivity contribution in [1.29, 1.82) is 0 Å². The highest BCUT2D eigenvalue weighted by molar-refractivity contribution is 7.80. The van der Waals surface area contributed by atoms with E-state index in [4.69, 9.17) is 18.0 Å². The van der Waals surface area contributed by atoms with Gasteiger partial charge in [-0.1, -0.05) is 49.8 Å². The lowest BCUT2D eigenvalue weighted by Gasteiger charge is -2.15. The van der Waals surface area contributed by atoms with Gasteiger partial charge in [0.2, 0.25) is 0 Å². The number of hydrogen-bond acceptors (Lipinski definition) is 2. The molecule has 0 aromatic heterocycles. The van der Waals surface area contributed by atoms with Crippen LogP contribution in [0.25, 0.3) is 0 Å². The summed E-state index contributed by atoms with van der Waals surface area (Å²) in [6.07, 6.45) is 2.17. The van der Waals surface area contributed by atoms with E-state index in [0.29, 0.717) is 4.99 Å². The maximum Gasteiger partial charge on any atom is 0.106 e. The van der Waals surface area contributed by atoms with Gasteiger partial charge < -0.3 is 11.1 Å². The van der Waals surface area contributed by atoms with Gasteiger partial charge in [0.25, 0.3) is 0 Å². The Kier molecular flexibility index (Phi) is 4.74. The van der Waals surface area contributed by atoms with Gasteiger partial charge in [-0.3, -0.25) is 0 Å². The van der Waals surface area contributed by atoms with E-state index in [1.54, 1.807) is 0 Å².